The Morgan fingerprint density at radius 3 is 2.46 bits per heavy atom. The van der Waals surface area contributed by atoms with Gasteiger partial charge in [0.2, 0.25) is 5.91 Å². The number of nitrogens with two attached hydrogens (primary N) is 1. The van der Waals surface area contributed by atoms with Crippen LogP contribution in [0.1, 0.15) is 28.8 Å². The van der Waals surface area contributed by atoms with Crippen molar-refractivity contribution in [2.75, 3.05) is 31.4 Å². The van der Waals surface area contributed by atoms with Crippen LogP contribution in [0.2, 0.25) is 0 Å². The molecule has 0 aliphatic heterocycles. The fraction of sp³-hybridized carbons (Fsp3) is 0.296. The third-order valence-electron chi connectivity index (χ3n) is 5.64. The van der Waals surface area contributed by atoms with E-state index in [1.807, 2.05) is 73.6 Å². The molecule has 4 N–H and O–H groups in total. The highest BCUT2D eigenvalue weighted by Crippen LogP contribution is 2.22. The highest BCUT2D eigenvalue weighted by atomic mass is 35.5. The van der Waals surface area contributed by atoms with Crippen LogP contribution in [-0.4, -0.2) is 50.2 Å². The molecule has 1 atom stereocenters. The van der Waals surface area contributed by atoms with Crippen LogP contribution in [0.4, 0.5) is 5.69 Å². The van der Waals surface area contributed by atoms with Crippen LogP contribution in [0.15, 0.2) is 71.7 Å². The van der Waals surface area contributed by atoms with Crippen LogP contribution in [0.3, 0.4) is 0 Å². The van der Waals surface area contributed by atoms with Gasteiger partial charge in [0, 0.05) is 38.4 Å². The van der Waals surface area contributed by atoms with Gasteiger partial charge >= 0.3 is 0 Å². The lowest BCUT2D eigenvalue weighted by Crippen LogP contribution is -2.46. The maximum Gasteiger partial charge on any atom is 0.251 e. The van der Waals surface area contributed by atoms with Gasteiger partial charge in [-0.2, -0.15) is 0 Å². The Kier molecular flexibility index (Phi) is 9.49. The fourth-order valence-corrected chi connectivity index (χ4v) is 3.72. The molecule has 0 spiro atoms. The third-order valence-corrected chi connectivity index (χ3v) is 5.91. The summed E-state index contributed by atoms with van der Waals surface area (Å²) in [6, 6.07) is 20.6. The number of nitrogens with one attached hydrogen (secondary N) is 2. The van der Waals surface area contributed by atoms with E-state index in [2.05, 4.69) is 21.7 Å². The van der Waals surface area contributed by atoms with E-state index in [4.69, 9.17) is 17.3 Å². The zero-order valence-corrected chi connectivity index (χ0v) is 20.9. The molecule has 0 radical (unpaired) electrons. The zero-order chi connectivity index (χ0) is 25.2. The van der Waals surface area contributed by atoms with Crippen LogP contribution in [0, 0.1) is 0 Å². The van der Waals surface area contributed by atoms with Crippen molar-refractivity contribution in [3.63, 3.8) is 0 Å². The number of amides is 2. The average molecular weight is 494 g/mol. The smallest absolute Gasteiger partial charge is 0.251 e. The van der Waals surface area contributed by atoms with E-state index in [9.17, 15) is 9.59 Å². The molecule has 0 aromatic heterocycles. The summed E-state index contributed by atoms with van der Waals surface area (Å²) in [5, 5.41) is 7.82. The second kappa shape index (κ2) is 12.8. The molecule has 0 heterocycles. The molecule has 0 aliphatic rings. The predicted molar refractivity (Wildman–Crippen MR) is 144 cm³/mol. The second-order valence-electron chi connectivity index (χ2n) is 8.52. The highest BCUT2D eigenvalue weighted by Gasteiger charge is 2.21. The Bertz CT molecular complexity index is 1180. The molecule has 7 nitrogen and oxygen atoms in total. The standard InChI is InChI=1S/C27H32ClN5O2/c1-33(2)23-13-12-20-15-22(11-10-21(20)16-23)26(34)32-24(9-6-14-30-25(29)17-28)27(35)31-18-19-7-4-3-5-8-19/h3-5,7-8,10-13,15-16,24H,6,9,14,17-18H2,1-2H3,(H2,29,30)(H,31,35)(H,32,34)/t24-/m1/s1. The van der Waals surface area contributed by atoms with Crippen LogP contribution < -0.4 is 21.3 Å². The molecule has 2 amide bonds. The molecule has 8 heteroatoms. The van der Waals surface area contributed by atoms with Gasteiger partial charge in [-0.25, -0.2) is 0 Å². The molecule has 3 aromatic carbocycles. The van der Waals surface area contributed by atoms with E-state index < -0.39 is 6.04 Å². The molecule has 3 rings (SSSR count). The number of carbonyl (C=O) groups excluding carboxylic acids is 2. The summed E-state index contributed by atoms with van der Waals surface area (Å²) < 4.78 is 0. The summed E-state index contributed by atoms with van der Waals surface area (Å²) in [5.74, 6) is -0.0232. The number of alkyl halides is 1. The molecule has 35 heavy (non-hydrogen) atoms. The van der Waals surface area contributed by atoms with Crippen molar-refractivity contribution in [1.82, 2.24) is 10.6 Å². The first-order chi connectivity index (χ1) is 16.9. The number of anilines is 1. The summed E-state index contributed by atoms with van der Waals surface area (Å²) in [6.07, 6.45) is 0.998. The summed E-state index contributed by atoms with van der Waals surface area (Å²) >= 11 is 5.67. The Morgan fingerprint density at radius 2 is 1.74 bits per heavy atom. The fourth-order valence-electron chi connectivity index (χ4n) is 3.63. The molecule has 0 unspecified atom stereocenters. The largest absolute Gasteiger partial charge is 0.386 e. The predicted octanol–water partition coefficient (Wildman–Crippen LogP) is 3.70. The monoisotopic (exact) mass is 493 g/mol. The molecule has 3 aromatic rings. The zero-order valence-electron chi connectivity index (χ0n) is 20.1. The molecule has 0 bridgehead atoms. The van der Waals surface area contributed by atoms with Gasteiger partial charge < -0.3 is 21.3 Å². The first-order valence-electron chi connectivity index (χ1n) is 11.6. The third kappa shape index (κ3) is 7.72. The number of nitrogens with zero attached hydrogens (tertiary/aromatic N) is 2. The molecular formula is C27H32ClN5O2. The number of amidine groups is 1. The molecule has 0 saturated carbocycles. The van der Waals surface area contributed by atoms with Gasteiger partial charge in [0.25, 0.3) is 5.91 Å². The average Bonchev–Trinajstić information content (AvgIpc) is 2.88. The number of hydrogen-bond acceptors (Lipinski definition) is 4. The number of fused-ring (bicyclic) bond motifs is 1. The van der Waals surface area contributed by atoms with E-state index in [0.29, 0.717) is 37.3 Å². The van der Waals surface area contributed by atoms with Crippen molar-refractivity contribution in [3.8, 4) is 0 Å². The molecule has 0 aliphatic carbocycles. The van der Waals surface area contributed by atoms with Crippen LogP contribution in [-0.2, 0) is 11.3 Å². The second-order valence-corrected chi connectivity index (χ2v) is 8.79. The van der Waals surface area contributed by atoms with Gasteiger partial charge in [-0.15, -0.1) is 11.6 Å². The molecule has 0 fully saturated rings. The first-order valence-corrected chi connectivity index (χ1v) is 12.1. The van der Waals surface area contributed by atoms with Gasteiger partial charge in [-0.1, -0.05) is 42.5 Å². The van der Waals surface area contributed by atoms with Gasteiger partial charge in [-0.3, -0.25) is 14.6 Å². The van der Waals surface area contributed by atoms with Crippen molar-refractivity contribution in [2.45, 2.75) is 25.4 Å². The summed E-state index contributed by atoms with van der Waals surface area (Å²) in [7, 11) is 3.97. The Morgan fingerprint density at radius 1 is 1.03 bits per heavy atom. The Labute approximate surface area is 211 Å². The van der Waals surface area contributed by atoms with Crippen molar-refractivity contribution >= 4 is 45.7 Å². The first kappa shape index (κ1) is 26.0. The highest BCUT2D eigenvalue weighted by molar-refractivity contribution is 6.27. The SMILES string of the molecule is CN(C)c1ccc2cc(C(=O)N[C@H](CCCN=C(N)CCl)C(=O)NCc3ccccc3)ccc2c1. The maximum atomic E-state index is 13.1. The Balaban J connectivity index is 1.71. The molecule has 0 saturated heterocycles. The molecular weight excluding hydrogens is 462 g/mol. The summed E-state index contributed by atoms with van der Waals surface area (Å²) in [6.45, 7) is 0.814. The molecule has 184 valence electrons. The lowest BCUT2D eigenvalue weighted by Gasteiger charge is -2.19. The quantitative estimate of drug-likeness (QED) is 0.164. The maximum absolute atomic E-state index is 13.1. The van der Waals surface area contributed by atoms with Crippen LogP contribution in [0.25, 0.3) is 10.8 Å². The summed E-state index contributed by atoms with van der Waals surface area (Å²) in [4.78, 5) is 32.2. The van der Waals surface area contributed by atoms with E-state index in [0.717, 1.165) is 22.0 Å². The number of aliphatic imine (C=N–C) groups is 1. The van der Waals surface area contributed by atoms with Crippen molar-refractivity contribution in [2.24, 2.45) is 10.7 Å². The van der Waals surface area contributed by atoms with E-state index in [-0.39, 0.29) is 17.7 Å². The minimum Gasteiger partial charge on any atom is -0.386 e. The van der Waals surface area contributed by atoms with Crippen molar-refractivity contribution in [1.29, 1.82) is 0 Å². The number of carbonyl (C=O) groups is 2. The van der Waals surface area contributed by atoms with Crippen molar-refractivity contribution in [3.05, 3.63) is 77.9 Å². The number of hydrogen-bond donors (Lipinski definition) is 3. The van der Waals surface area contributed by atoms with Gasteiger partial charge in [0.15, 0.2) is 0 Å². The van der Waals surface area contributed by atoms with Gasteiger partial charge in [0.1, 0.15) is 11.9 Å². The topological polar surface area (TPSA) is 99.8 Å². The van der Waals surface area contributed by atoms with E-state index in [1.54, 1.807) is 6.07 Å². The van der Waals surface area contributed by atoms with Gasteiger partial charge in [0.05, 0.1) is 5.88 Å². The van der Waals surface area contributed by atoms with Crippen molar-refractivity contribution < 1.29 is 9.59 Å². The minimum absolute atomic E-state index is 0.162. The van der Waals surface area contributed by atoms with Crippen LogP contribution in [0.5, 0.6) is 0 Å². The minimum atomic E-state index is -0.703. The van der Waals surface area contributed by atoms with E-state index in [1.165, 1.54) is 0 Å². The summed E-state index contributed by atoms with van der Waals surface area (Å²) in [5.41, 5.74) is 8.23. The van der Waals surface area contributed by atoms with E-state index >= 15 is 0 Å². The lowest BCUT2D eigenvalue weighted by atomic mass is 10.0. The lowest BCUT2D eigenvalue weighted by molar-refractivity contribution is -0.123. The number of halogens is 1. The van der Waals surface area contributed by atoms with Gasteiger partial charge in [-0.05, 0) is 53.4 Å². The Hall–Kier alpha value is -3.58. The number of benzene rings is 3. The normalized spacial score (nSPS) is 12.3. The number of rotatable bonds is 11. The van der Waals surface area contributed by atoms with Crippen LogP contribution >= 0.6 is 11.6 Å².